The highest BCUT2D eigenvalue weighted by atomic mass is 32.1. The van der Waals surface area contributed by atoms with Crippen LogP contribution in [0.2, 0.25) is 0 Å². The van der Waals surface area contributed by atoms with Gasteiger partial charge in [0, 0.05) is 11.8 Å². The van der Waals surface area contributed by atoms with E-state index in [1.54, 1.807) is 0 Å². The summed E-state index contributed by atoms with van der Waals surface area (Å²) in [6.07, 6.45) is 0. The number of hydrogen-bond donors (Lipinski definition) is 4. The molecule has 0 aromatic carbocycles. The molecule has 0 radical (unpaired) electrons. The van der Waals surface area contributed by atoms with Gasteiger partial charge in [0.1, 0.15) is 0 Å². The van der Waals surface area contributed by atoms with Crippen LogP contribution in [0.25, 0.3) is 0 Å². The largest absolute Gasteiger partial charge is 0.335 e. The fourth-order valence-corrected chi connectivity index (χ4v) is 2.00. The van der Waals surface area contributed by atoms with E-state index in [2.05, 4.69) is 20.4 Å². The molecule has 0 aliphatic carbocycles. The Morgan fingerprint density at radius 2 is 1.28 bits per heavy atom. The number of hydrogen-bond acceptors (Lipinski definition) is 6. The van der Waals surface area contributed by atoms with Crippen molar-refractivity contribution in [3.05, 3.63) is 21.2 Å². The van der Waals surface area contributed by atoms with Gasteiger partial charge in [0.2, 0.25) is 9.54 Å². The third-order valence-corrected chi connectivity index (χ3v) is 3.60. The van der Waals surface area contributed by atoms with Gasteiger partial charge in [-0.25, -0.2) is 9.35 Å². The van der Waals surface area contributed by atoms with Crippen LogP contribution >= 0.6 is 24.4 Å². The number of aromatic amines is 2. The maximum Gasteiger partial charge on any atom is 0.214 e. The second kappa shape index (κ2) is 4.53. The molecule has 10 heteroatoms. The standard InChI is InChI=1S/C8H14N8S2/c1-3(5-11-13-7(17)15(5)9)4(2)6-12-14-8(18)16(6)10/h3-4H,9-10H2,1-2H3,(H,13,17)(H,14,18). The Bertz CT molecular complexity index is 603. The summed E-state index contributed by atoms with van der Waals surface area (Å²) in [6, 6.07) is 0. The van der Waals surface area contributed by atoms with Crippen LogP contribution in [-0.2, 0) is 0 Å². The van der Waals surface area contributed by atoms with E-state index in [0.717, 1.165) is 0 Å². The van der Waals surface area contributed by atoms with E-state index in [1.807, 2.05) is 13.8 Å². The van der Waals surface area contributed by atoms with E-state index in [1.165, 1.54) is 9.35 Å². The van der Waals surface area contributed by atoms with Gasteiger partial charge in [-0.15, -0.1) is 0 Å². The minimum absolute atomic E-state index is 0.0181. The summed E-state index contributed by atoms with van der Waals surface area (Å²) in [5, 5.41) is 13.5. The molecular weight excluding hydrogens is 272 g/mol. The second-order valence-corrected chi connectivity index (χ2v) is 4.86. The molecule has 2 unspecified atom stereocenters. The topological polar surface area (TPSA) is 119 Å². The van der Waals surface area contributed by atoms with E-state index >= 15 is 0 Å². The highest BCUT2D eigenvalue weighted by Gasteiger charge is 2.25. The molecule has 2 aromatic rings. The summed E-state index contributed by atoms with van der Waals surface area (Å²) in [4.78, 5) is 0. The first kappa shape index (κ1) is 12.8. The summed E-state index contributed by atoms with van der Waals surface area (Å²) in [6.45, 7) is 3.94. The minimum atomic E-state index is -0.0181. The highest BCUT2D eigenvalue weighted by Crippen LogP contribution is 2.28. The normalized spacial score (nSPS) is 14.6. The molecule has 2 aromatic heterocycles. The second-order valence-electron chi connectivity index (χ2n) is 4.09. The smallest absolute Gasteiger partial charge is 0.214 e. The molecule has 6 N–H and O–H groups in total. The summed E-state index contributed by atoms with van der Waals surface area (Å²) in [5.41, 5.74) is 0. The van der Waals surface area contributed by atoms with Gasteiger partial charge in [-0.3, -0.25) is 10.2 Å². The number of aromatic nitrogens is 6. The summed E-state index contributed by atoms with van der Waals surface area (Å²) >= 11 is 9.96. The average Bonchev–Trinajstić information content (AvgIpc) is 2.84. The lowest BCUT2D eigenvalue weighted by Gasteiger charge is -2.17. The van der Waals surface area contributed by atoms with Crippen molar-refractivity contribution in [1.29, 1.82) is 0 Å². The van der Waals surface area contributed by atoms with Gasteiger partial charge in [0.25, 0.3) is 0 Å². The zero-order chi connectivity index (χ0) is 13.4. The van der Waals surface area contributed by atoms with Crippen molar-refractivity contribution >= 4 is 24.4 Å². The van der Waals surface area contributed by atoms with Crippen molar-refractivity contribution in [2.75, 3.05) is 11.7 Å². The van der Waals surface area contributed by atoms with Crippen LogP contribution in [0.1, 0.15) is 37.3 Å². The molecule has 0 spiro atoms. The van der Waals surface area contributed by atoms with E-state index in [0.29, 0.717) is 21.2 Å². The molecule has 0 amide bonds. The number of nitrogen functional groups attached to an aromatic ring is 2. The van der Waals surface area contributed by atoms with Gasteiger partial charge >= 0.3 is 0 Å². The maximum atomic E-state index is 5.79. The lowest BCUT2D eigenvalue weighted by molar-refractivity contribution is 0.536. The van der Waals surface area contributed by atoms with Crippen molar-refractivity contribution in [3.8, 4) is 0 Å². The molecule has 0 saturated carbocycles. The molecule has 0 aliphatic rings. The summed E-state index contributed by atoms with van der Waals surface area (Å²) < 4.78 is 3.43. The predicted octanol–water partition coefficient (Wildman–Crippen LogP) is 0.530. The molecule has 0 fully saturated rings. The quantitative estimate of drug-likeness (QED) is 0.482. The molecule has 0 bridgehead atoms. The first-order valence-electron chi connectivity index (χ1n) is 5.28. The molecular formula is C8H14N8S2. The molecule has 18 heavy (non-hydrogen) atoms. The summed E-state index contributed by atoms with van der Waals surface area (Å²) in [5.74, 6) is 12.8. The lowest BCUT2D eigenvalue weighted by Crippen LogP contribution is -2.22. The fourth-order valence-electron chi connectivity index (χ4n) is 1.72. The SMILES string of the molecule is CC(c1n[nH]c(=S)n1N)C(C)c1n[nH]c(=S)n1N. The van der Waals surface area contributed by atoms with Gasteiger partial charge < -0.3 is 11.7 Å². The van der Waals surface area contributed by atoms with E-state index in [9.17, 15) is 0 Å². The first-order chi connectivity index (χ1) is 8.43. The number of rotatable bonds is 3. The van der Waals surface area contributed by atoms with Crippen LogP contribution in [0, 0.1) is 9.54 Å². The maximum absolute atomic E-state index is 5.79. The van der Waals surface area contributed by atoms with Crippen molar-refractivity contribution in [2.45, 2.75) is 25.7 Å². The summed E-state index contributed by atoms with van der Waals surface area (Å²) in [7, 11) is 0. The Kier molecular flexibility index (Phi) is 3.22. The zero-order valence-electron chi connectivity index (χ0n) is 9.91. The molecule has 0 saturated heterocycles. The fraction of sp³-hybridized carbons (Fsp3) is 0.500. The van der Waals surface area contributed by atoms with Crippen molar-refractivity contribution in [2.24, 2.45) is 0 Å². The third kappa shape index (κ3) is 1.93. The van der Waals surface area contributed by atoms with Gasteiger partial charge in [-0.1, -0.05) is 13.8 Å². The molecule has 2 atom stereocenters. The predicted molar refractivity (Wildman–Crippen MR) is 72.0 cm³/mol. The number of H-pyrrole nitrogens is 2. The molecule has 0 aliphatic heterocycles. The average molecular weight is 286 g/mol. The molecule has 98 valence electrons. The van der Waals surface area contributed by atoms with Crippen LogP contribution in [-0.4, -0.2) is 29.7 Å². The zero-order valence-corrected chi connectivity index (χ0v) is 11.5. The number of nitrogens with two attached hydrogens (primary N) is 2. The molecule has 8 nitrogen and oxygen atoms in total. The Balaban J connectivity index is 2.37. The lowest BCUT2D eigenvalue weighted by atomic mass is 9.94. The van der Waals surface area contributed by atoms with Gasteiger partial charge in [-0.2, -0.15) is 10.2 Å². The van der Waals surface area contributed by atoms with Crippen LogP contribution in [0.5, 0.6) is 0 Å². The van der Waals surface area contributed by atoms with E-state index in [-0.39, 0.29) is 11.8 Å². The van der Waals surface area contributed by atoms with Gasteiger partial charge in [0.05, 0.1) is 0 Å². The number of nitrogens with zero attached hydrogens (tertiary/aromatic N) is 4. The first-order valence-corrected chi connectivity index (χ1v) is 6.10. The van der Waals surface area contributed by atoms with Crippen molar-refractivity contribution in [1.82, 2.24) is 29.7 Å². The van der Waals surface area contributed by atoms with Crippen molar-refractivity contribution in [3.63, 3.8) is 0 Å². The Hall–Kier alpha value is -1.68. The highest BCUT2D eigenvalue weighted by molar-refractivity contribution is 7.71. The molecule has 2 rings (SSSR count). The third-order valence-electron chi connectivity index (χ3n) is 3.03. The van der Waals surface area contributed by atoms with E-state index < -0.39 is 0 Å². The van der Waals surface area contributed by atoms with E-state index in [4.69, 9.17) is 36.1 Å². The Morgan fingerprint density at radius 3 is 1.50 bits per heavy atom. The van der Waals surface area contributed by atoms with Gasteiger partial charge in [-0.05, 0) is 24.4 Å². The van der Waals surface area contributed by atoms with Crippen LogP contribution < -0.4 is 11.7 Å². The van der Waals surface area contributed by atoms with Crippen LogP contribution in [0.3, 0.4) is 0 Å². The Labute approximate surface area is 113 Å². The minimum Gasteiger partial charge on any atom is -0.335 e. The van der Waals surface area contributed by atoms with Crippen molar-refractivity contribution < 1.29 is 0 Å². The van der Waals surface area contributed by atoms with Crippen LogP contribution in [0.15, 0.2) is 0 Å². The van der Waals surface area contributed by atoms with Crippen LogP contribution in [0.4, 0.5) is 0 Å². The van der Waals surface area contributed by atoms with Gasteiger partial charge in [0.15, 0.2) is 11.6 Å². The Morgan fingerprint density at radius 1 is 0.944 bits per heavy atom. The monoisotopic (exact) mass is 286 g/mol. The molecule has 2 heterocycles. The number of nitrogens with one attached hydrogen (secondary N) is 2.